The average Bonchev–Trinajstić information content (AvgIpc) is 3.20. The van der Waals surface area contributed by atoms with Gasteiger partial charge < -0.3 is 19.5 Å². The summed E-state index contributed by atoms with van der Waals surface area (Å²) >= 11 is 3.38. The molecule has 3 amide bonds. The third kappa shape index (κ3) is 6.85. The molecule has 7 heteroatoms. The van der Waals surface area contributed by atoms with E-state index in [1.165, 1.54) is 4.90 Å². The van der Waals surface area contributed by atoms with Crippen LogP contribution in [0.2, 0.25) is 0 Å². The molecule has 0 bridgehead atoms. The summed E-state index contributed by atoms with van der Waals surface area (Å²) in [5.41, 5.74) is 1.64. The molecular formula is C25H26BrN3O3. The highest BCUT2D eigenvalue weighted by atomic mass is 79.9. The van der Waals surface area contributed by atoms with Gasteiger partial charge in [0.05, 0.1) is 6.54 Å². The fraction of sp³-hybridized carbons (Fsp3) is 0.200. The monoisotopic (exact) mass is 495 g/mol. The third-order valence-electron chi connectivity index (χ3n) is 4.77. The van der Waals surface area contributed by atoms with Gasteiger partial charge in [0.1, 0.15) is 18.1 Å². The van der Waals surface area contributed by atoms with Crippen LogP contribution in [0.5, 0.6) is 0 Å². The molecule has 0 radical (unpaired) electrons. The minimum atomic E-state index is -0.367. The zero-order chi connectivity index (χ0) is 22.9. The molecule has 0 atom stereocenters. The molecule has 0 aliphatic rings. The number of rotatable bonds is 9. The fourth-order valence-corrected chi connectivity index (χ4v) is 3.43. The Bertz CT molecular complexity index is 1050. The van der Waals surface area contributed by atoms with Crippen molar-refractivity contribution < 1.29 is 14.0 Å². The zero-order valence-corrected chi connectivity index (χ0v) is 19.5. The molecule has 3 aromatic rings. The summed E-state index contributed by atoms with van der Waals surface area (Å²) in [5, 5.41) is 2.83. The third-order valence-corrected chi connectivity index (χ3v) is 5.30. The number of hydrogen-bond acceptors (Lipinski definition) is 3. The molecule has 0 aliphatic heterocycles. The molecule has 0 unspecified atom stereocenters. The topological polar surface area (TPSA) is 65.8 Å². The van der Waals surface area contributed by atoms with Gasteiger partial charge in [-0.2, -0.15) is 0 Å². The number of aryl methyl sites for hydroxylation is 1. The van der Waals surface area contributed by atoms with Crippen LogP contribution in [-0.2, 0) is 17.9 Å². The number of halogens is 1. The Labute approximate surface area is 196 Å². The van der Waals surface area contributed by atoms with Crippen LogP contribution in [0.15, 0.2) is 88.3 Å². The Balaban J connectivity index is 1.73. The van der Waals surface area contributed by atoms with Gasteiger partial charge in [0.25, 0.3) is 0 Å². The van der Waals surface area contributed by atoms with Crippen molar-refractivity contribution in [2.45, 2.75) is 20.0 Å². The number of urea groups is 1. The zero-order valence-electron chi connectivity index (χ0n) is 18.0. The minimum absolute atomic E-state index is 0.0824. The number of nitrogens with one attached hydrogen (secondary N) is 1. The number of hydrogen-bond donors (Lipinski definition) is 1. The van der Waals surface area contributed by atoms with Crippen LogP contribution in [0, 0.1) is 6.92 Å². The first-order valence-electron chi connectivity index (χ1n) is 10.2. The molecule has 1 heterocycles. The van der Waals surface area contributed by atoms with E-state index in [9.17, 15) is 9.59 Å². The van der Waals surface area contributed by atoms with E-state index in [0.29, 0.717) is 24.5 Å². The highest BCUT2D eigenvalue weighted by molar-refractivity contribution is 9.10. The van der Waals surface area contributed by atoms with Gasteiger partial charge in [-0.1, -0.05) is 52.3 Å². The van der Waals surface area contributed by atoms with Gasteiger partial charge in [0.15, 0.2) is 0 Å². The lowest BCUT2D eigenvalue weighted by Gasteiger charge is -2.27. The molecule has 1 N–H and O–H groups in total. The number of carbonyl (C=O) groups excluding carboxylic acids is 2. The number of furan rings is 1. The highest BCUT2D eigenvalue weighted by Crippen LogP contribution is 2.16. The van der Waals surface area contributed by atoms with E-state index in [1.807, 2.05) is 61.5 Å². The molecule has 6 nitrogen and oxygen atoms in total. The quantitative estimate of drug-likeness (QED) is 0.393. The van der Waals surface area contributed by atoms with Gasteiger partial charge in [-0.05, 0) is 48.9 Å². The fourth-order valence-electron chi connectivity index (χ4n) is 3.17. The second kappa shape index (κ2) is 11.3. The molecule has 166 valence electrons. The number of benzene rings is 2. The standard InChI is InChI=1S/C25H26BrN3O3/c1-3-15-28(25(31)27-22-12-10-21(26)11-13-22)18-24(30)29(16-20-7-5-4-6-8-20)17-23-14-9-19(2)32-23/h3-14H,1,15-18H2,2H3,(H,27,31). The maximum Gasteiger partial charge on any atom is 0.322 e. The highest BCUT2D eigenvalue weighted by Gasteiger charge is 2.22. The Morgan fingerprint density at radius 3 is 2.34 bits per heavy atom. The van der Waals surface area contributed by atoms with Crippen molar-refractivity contribution in [3.05, 3.63) is 101 Å². The molecule has 32 heavy (non-hydrogen) atoms. The lowest BCUT2D eigenvalue weighted by molar-refractivity contribution is -0.133. The Kier molecular flexibility index (Phi) is 8.27. The second-order valence-corrected chi connectivity index (χ2v) is 8.27. The van der Waals surface area contributed by atoms with Crippen LogP contribution in [-0.4, -0.2) is 34.8 Å². The van der Waals surface area contributed by atoms with E-state index in [4.69, 9.17) is 4.42 Å². The summed E-state index contributed by atoms with van der Waals surface area (Å²) in [6.45, 7) is 6.48. The molecule has 1 aromatic heterocycles. The summed E-state index contributed by atoms with van der Waals surface area (Å²) in [6.07, 6.45) is 1.60. The molecule has 0 saturated carbocycles. The van der Waals surface area contributed by atoms with E-state index in [2.05, 4.69) is 27.8 Å². The molecule has 0 saturated heterocycles. The lowest BCUT2D eigenvalue weighted by Crippen LogP contribution is -2.44. The Morgan fingerprint density at radius 2 is 1.72 bits per heavy atom. The van der Waals surface area contributed by atoms with Crippen molar-refractivity contribution >= 4 is 33.6 Å². The van der Waals surface area contributed by atoms with Crippen molar-refractivity contribution in [3.63, 3.8) is 0 Å². The average molecular weight is 496 g/mol. The summed E-state index contributed by atoms with van der Waals surface area (Å²) in [5.74, 6) is 1.30. The minimum Gasteiger partial charge on any atom is -0.464 e. The first-order chi connectivity index (χ1) is 15.4. The van der Waals surface area contributed by atoms with E-state index in [0.717, 1.165) is 15.8 Å². The number of nitrogens with zero attached hydrogens (tertiary/aromatic N) is 2. The van der Waals surface area contributed by atoms with Crippen LogP contribution in [0.3, 0.4) is 0 Å². The number of carbonyl (C=O) groups is 2. The van der Waals surface area contributed by atoms with Gasteiger partial charge in [-0.25, -0.2) is 4.79 Å². The van der Waals surface area contributed by atoms with Crippen LogP contribution < -0.4 is 5.32 Å². The summed E-state index contributed by atoms with van der Waals surface area (Å²) in [6, 6.07) is 20.4. The van der Waals surface area contributed by atoms with Gasteiger partial charge in [0.2, 0.25) is 5.91 Å². The predicted molar refractivity (Wildman–Crippen MR) is 129 cm³/mol. The predicted octanol–water partition coefficient (Wildman–Crippen LogP) is 5.60. The van der Waals surface area contributed by atoms with Crippen LogP contribution in [0.25, 0.3) is 0 Å². The van der Waals surface area contributed by atoms with E-state index >= 15 is 0 Å². The normalized spacial score (nSPS) is 10.4. The van der Waals surface area contributed by atoms with E-state index in [-0.39, 0.29) is 25.0 Å². The summed E-state index contributed by atoms with van der Waals surface area (Å²) in [4.78, 5) is 29.2. The Morgan fingerprint density at radius 1 is 1.00 bits per heavy atom. The maximum absolute atomic E-state index is 13.3. The SMILES string of the molecule is C=CCN(CC(=O)N(Cc1ccccc1)Cc1ccc(C)o1)C(=O)Nc1ccc(Br)cc1. The summed E-state index contributed by atoms with van der Waals surface area (Å²) in [7, 11) is 0. The first kappa shape index (κ1) is 23.3. The smallest absolute Gasteiger partial charge is 0.322 e. The molecule has 2 aromatic carbocycles. The van der Waals surface area contributed by atoms with Crippen molar-refractivity contribution in [2.24, 2.45) is 0 Å². The van der Waals surface area contributed by atoms with Crippen LogP contribution in [0.4, 0.5) is 10.5 Å². The van der Waals surface area contributed by atoms with Crippen molar-refractivity contribution in [2.75, 3.05) is 18.4 Å². The molecule has 3 rings (SSSR count). The lowest BCUT2D eigenvalue weighted by atomic mass is 10.2. The van der Waals surface area contributed by atoms with Gasteiger partial charge in [-0.15, -0.1) is 6.58 Å². The maximum atomic E-state index is 13.3. The van der Waals surface area contributed by atoms with Gasteiger partial charge in [0, 0.05) is 23.2 Å². The van der Waals surface area contributed by atoms with Gasteiger partial charge >= 0.3 is 6.03 Å². The van der Waals surface area contributed by atoms with Crippen molar-refractivity contribution in [3.8, 4) is 0 Å². The van der Waals surface area contributed by atoms with Crippen LogP contribution in [0.1, 0.15) is 17.1 Å². The van der Waals surface area contributed by atoms with E-state index in [1.54, 1.807) is 23.1 Å². The van der Waals surface area contributed by atoms with Crippen LogP contribution >= 0.6 is 15.9 Å². The van der Waals surface area contributed by atoms with Crippen molar-refractivity contribution in [1.82, 2.24) is 9.80 Å². The second-order valence-electron chi connectivity index (χ2n) is 7.35. The number of amides is 3. The Hall–Kier alpha value is -3.32. The van der Waals surface area contributed by atoms with Gasteiger partial charge in [-0.3, -0.25) is 4.79 Å². The first-order valence-corrected chi connectivity index (χ1v) is 11.0. The molecule has 0 fully saturated rings. The summed E-state index contributed by atoms with van der Waals surface area (Å²) < 4.78 is 6.60. The van der Waals surface area contributed by atoms with E-state index < -0.39 is 0 Å². The molecule has 0 aliphatic carbocycles. The molecular weight excluding hydrogens is 470 g/mol. The van der Waals surface area contributed by atoms with Crippen molar-refractivity contribution in [1.29, 1.82) is 0 Å². The molecule has 0 spiro atoms. The number of anilines is 1. The largest absolute Gasteiger partial charge is 0.464 e.